The Kier molecular flexibility index (Phi) is 8.55. The van der Waals surface area contributed by atoms with Crippen LogP contribution < -0.4 is 26.2 Å². The molecule has 3 aromatic rings. The maximum atomic E-state index is 12.4. The Morgan fingerprint density at radius 3 is 2.18 bits per heavy atom. The van der Waals surface area contributed by atoms with E-state index in [1.54, 1.807) is 61.7 Å². The van der Waals surface area contributed by atoms with Crippen molar-refractivity contribution in [2.24, 2.45) is 0 Å². The third-order valence-electron chi connectivity index (χ3n) is 4.73. The van der Waals surface area contributed by atoms with Gasteiger partial charge in [-0.3, -0.25) is 30.6 Å². The van der Waals surface area contributed by atoms with Gasteiger partial charge in [0.05, 0.1) is 10.7 Å². The van der Waals surface area contributed by atoms with E-state index in [1.807, 2.05) is 19.1 Å². The molecule has 0 bridgehead atoms. The molecule has 0 aromatic heterocycles. The van der Waals surface area contributed by atoms with Crippen LogP contribution in [-0.2, 0) is 0 Å². The number of rotatable bonds is 5. The first-order valence-corrected chi connectivity index (χ1v) is 11.5. The summed E-state index contributed by atoms with van der Waals surface area (Å²) in [6, 6.07) is 18.6. The van der Waals surface area contributed by atoms with Gasteiger partial charge in [0.1, 0.15) is 5.75 Å². The zero-order chi connectivity index (χ0) is 24.7. The lowest BCUT2D eigenvalue weighted by Crippen LogP contribution is -2.48. The molecule has 0 saturated heterocycles. The number of ether oxygens (including phenoxy) is 1. The molecule has 0 aliphatic heterocycles. The van der Waals surface area contributed by atoms with E-state index >= 15 is 0 Å². The third kappa shape index (κ3) is 6.51. The van der Waals surface area contributed by atoms with E-state index in [4.69, 9.17) is 17.0 Å². The van der Waals surface area contributed by atoms with Crippen LogP contribution in [0.1, 0.15) is 36.6 Å². The van der Waals surface area contributed by atoms with Crippen LogP contribution in [-0.4, -0.2) is 29.9 Å². The van der Waals surface area contributed by atoms with Crippen molar-refractivity contribution in [1.29, 1.82) is 0 Å². The summed E-state index contributed by atoms with van der Waals surface area (Å²) in [6.45, 7) is 1.86. The average molecular weight is 588 g/mol. The molecule has 0 atom stereocenters. The van der Waals surface area contributed by atoms with Gasteiger partial charge < -0.3 is 10.1 Å². The zero-order valence-corrected chi connectivity index (χ0v) is 21.2. The smallest absolute Gasteiger partial charge is 0.269 e. The fourth-order valence-electron chi connectivity index (χ4n) is 2.93. The van der Waals surface area contributed by atoms with Gasteiger partial charge >= 0.3 is 0 Å². The number of halogens is 1. The van der Waals surface area contributed by atoms with Crippen molar-refractivity contribution in [3.63, 3.8) is 0 Å². The molecule has 3 rings (SSSR count). The van der Waals surface area contributed by atoms with Crippen molar-refractivity contribution in [2.75, 3.05) is 12.4 Å². The molecule has 0 radical (unpaired) electrons. The topological polar surface area (TPSA) is 109 Å². The zero-order valence-electron chi connectivity index (χ0n) is 18.3. The standard InChI is InChI=1S/C24H21IN4O4S/c1-14-5-3-4-6-18(14)23(32)26-17-10-7-15(8-11-17)22(31)28-29-24(34)27-21(30)16-9-12-20(33-2)19(25)13-16/h3-13H,1-2H3,(H,26,32)(H,28,31)(H2,27,29,30,34). The second-order valence-electron chi connectivity index (χ2n) is 7.06. The Morgan fingerprint density at radius 1 is 0.853 bits per heavy atom. The first-order chi connectivity index (χ1) is 16.3. The van der Waals surface area contributed by atoms with Crippen LogP contribution in [0, 0.1) is 10.5 Å². The number of thiocarbonyl (C=S) groups is 1. The number of hydrazine groups is 1. The summed E-state index contributed by atoms with van der Waals surface area (Å²) in [4.78, 5) is 37.1. The van der Waals surface area contributed by atoms with Gasteiger partial charge in [-0.15, -0.1) is 0 Å². The third-order valence-corrected chi connectivity index (χ3v) is 5.77. The lowest BCUT2D eigenvalue weighted by atomic mass is 10.1. The number of aryl methyl sites for hydroxylation is 1. The molecule has 10 heteroatoms. The summed E-state index contributed by atoms with van der Waals surface area (Å²) in [5.74, 6) is -0.469. The van der Waals surface area contributed by atoms with Gasteiger partial charge in [-0.05, 0) is 95.8 Å². The second kappa shape index (κ2) is 11.6. The van der Waals surface area contributed by atoms with E-state index in [9.17, 15) is 14.4 Å². The Morgan fingerprint density at radius 2 is 1.53 bits per heavy atom. The number of hydrogen-bond acceptors (Lipinski definition) is 5. The van der Waals surface area contributed by atoms with Crippen molar-refractivity contribution in [2.45, 2.75) is 6.92 Å². The lowest BCUT2D eigenvalue weighted by Gasteiger charge is -2.12. The summed E-state index contributed by atoms with van der Waals surface area (Å²) < 4.78 is 5.95. The van der Waals surface area contributed by atoms with Crippen molar-refractivity contribution in [1.82, 2.24) is 16.2 Å². The highest BCUT2D eigenvalue weighted by Crippen LogP contribution is 2.21. The normalized spacial score (nSPS) is 10.1. The molecule has 0 heterocycles. The molecule has 0 fully saturated rings. The number of benzene rings is 3. The van der Waals surface area contributed by atoms with E-state index in [0.29, 0.717) is 28.1 Å². The average Bonchev–Trinajstić information content (AvgIpc) is 2.83. The van der Waals surface area contributed by atoms with Crippen LogP contribution in [0.5, 0.6) is 5.75 Å². The van der Waals surface area contributed by atoms with Gasteiger partial charge in [-0.1, -0.05) is 18.2 Å². The molecule has 0 aliphatic rings. The van der Waals surface area contributed by atoms with Gasteiger partial charge in [0.25, 0.3) is 17.7 Å². The fraction of sp³-hybridized carbons (Fsp3) is 0.0833. The fourth-order valence-corrected chi connectivity index (χ4v) is 3.81. The maximum Gasteiger partial charge on any atom is 0.269 e. The van der Waals surface area contributed by atoms with Crippen LogP contribution in [0.4, 0.5) is 5.69 Å². The summed E-state index contributed by atoms with van der Waals surface area (Å²) >= 11 is 7.14. The van der Waals surface area contributed by atoms with Gasteiger partial charge in [0, 0.05) is 22.4 Å². The lowest BCUT2D eigenvalue weighted by molar-refractivity contribution is 0.0934. The largest absolute Gasteiger partial charge is 0.496 e. The molecule has 4 N–H and O–H groups in total. The minimum Gasteiger partial charge on any atom is -0.496 e. The van der Waals surface area contributed by atoms with E-state index in [-0.39, 0.29) is 11.0 Å². The molecule has 0 unspecified atom stereocenters. The van der Waals surface area contributed by atoms with Crippen LogP contribution in [0.25, 0.3) is 0 Å². The van der Waals surface area contributed by atoms with Crippen LogP contribution in [0.15, 0.2) is 66.7 Å². The van der Waals surface area contributed by atoms with Crippen LogP contribution in [0.2, 0.25) is 0 Å². The highest BCUT2D eigenvalue weighted by molar-refractivity contribution is 14.1. The molecular formula is C24H21IN4O4S. The number of carbonyl (C=O) groups is 3. The summed E-state index contributed by atoms with van der Waals surface area (Å²) in [5, 5.41) is 5.23. The summed E-state index contributed by atoms with van der Waals surface area (Å²) in [6.07, 6.45) is 0. The highest BCUT2D eigenvalue weighted by Gasteiger charge is 2.12. The molecule has 8 nitrogen and oxygen atoms in total. The number of anilines is 1. The van der Waals surface area contributed by atoms with Crippen LogP contribution >= 0.6 is 34.8 Å². The van der Waals surface area contributed by atoms with E-state index in [1.165, 1.54) is 0 Å². The monoisotopic (exact) mass is 588 g/mol. The minimum absolute atomic E-state index is 0.0636. The SMILES string of the molecule is COc1ccc(C(=O)NC(=S)NNC(=O)c2ccc(NC(=O)c3ccccc3C)cc2)cc1I. The van der Waals surface area contributed by atoms with Crippen molar-refractivity contribution < 1.29 is 19.1 Å². The maximum absolute atomic E-state index is 12.4. The first kappa shape index (κ1) is 25.1. The number of hydrogen-bond donors (Lipinski definition) is 4. The Bertz CT molecular complexity index is 1250. The Balaban J connectivity index is 1.51. The van der Waals surface area contributed by atoms with Gasteiger partial charge in [0.15, 0.2) is 5.11 Å². The van der Waals surface area contributed by atoms with Gasteiger partial charge in [0.2, 0.25) is 0 Å². The molecule has 0 saturated carbocycles. The molecule has 0 aliphatic carbocycles. The predicted octanol–water partition coefficient (Wildman–Crippen LogP) is 3.81. The van der Waals surface area contributed by atoms with Crippen molar-refractivity contribution in [3.8, 4) is 5.75 Å². The van der Waals surface area contributed by atoms with Gasteiger partial charge in [-0.25, -0.2) is 0 Å². The highest BCUT2D eigenvalue weighted by atomic mass is 127. The van der Waals surface area contributed by atoms with Crippen molar-refractivity contribution in [3.05, 3.63) is 92.6 Å². The predicted molar refractivity (Wildman–Crippen MR) is 142 cm³/mol. The van der Waals surface area contributed by atoms with E-state index in [0.717, 1.165) is 9.13 Å². The molecule has 3 aromatic carbocycles. The second-order valence-corrected chi connectivity index (χ2v) is 8.63. The van der Waals surface area contributed by atoms with E-state index < -0.39 is 11.8 Å². The Labute approximate surface area is 215 Å². The van der Waals surface area contributed by atoms with Crippen LogP contribution in [0.3, 0.4) is 0 Å². The Hall–Kier alpha value is -3.51. The number of nitrogens with one attached hydrogen (secondary N) is 4. The summed E-state index contributed by atoms with van der Waals surface area (Å²) in [5.41, 5.74) is 7.64. The first-order valence-electron chi connectivity index (χ1n) is 10.0. The quantitative estimate of drug-likeness (QED) is 0.205. The molecular weight excluding hydrogens is 567 g/mol. The molecule has 0 spiro atoms. The number of amides is 3. The van der Waals surface area contributed by atoms with Gasteiger partial charge in [-0.2, -0.15) is 0 Å². The van der Waals surface area contributed by atoms with E-state index in [2.05, 4.69) is 44.1 Å². The number of carbonyl (C=O) groups excluding carboxylic acids is 3. The van der Waals surface area contributed by atoms with Crippen molar-refractivity contribution >= 4 is 63.3 Å². The number of methoxy groups -OCH3 is 1. The molecule has 174 valence electrons. The molecule has 3 amide bonds. The molecule has 34 heavy (non-hydrogen) atoms. The summed E-state index contributed by atoms with van der Waals surface area (Å²) in [7, 11) is 1.55. The minimum atomic E-state index is -0.465.